The summed E-state index contributed by atoms with van der Waals surface area (Å²) in [7, 11) is -4.93. The lowest BCUT2D eigenvalue weighted by atomic mass is 10.0. The van der Waals surface area contributed by atoms with Crippen LogP contribution >= 0.6 is 0 Å². The fourth-order valence-electron chi connectivity index (χ4n) is 6.37. The summed E-state index contributed by atoms with van der Waals surface area (Å²) in [5.74, 6) is -11.3. The van der Waals surface area contributed by atoms with Crippen LogP contribution in [-0.4, -0.2) is 142 Å². The molecule has 1 saturated heterocycles. The second-order valence-corrected chi connectivity index (χ2v) is 15.5. The molecule has 0 spiro atoms. The monoisotopic (exact) mass is 920 g/mol. The number of carbonyl (C=O) groups is 10. The van der Waals surface area contributed by atoms with E-state index in [1.54, 1.807) is 0 Å². The minimum Gasteiger partial charge on any atom is -0.508 e. The lowest BCUT2D eigenvalue weighted by Crippen LogP contribution is -2.59. The number of nitrogens with one attached hydrogen (secondary N) is 6. The fraction of sp³-hybridized carbons (Fsp3) is 0.421. The molecule has 0 aromatic heterocycles. The van der Waals surface area contributed by atoms with Gasteiger partial charge in [0.25, 0.3) is 0 Å². The Bertz CT molecular complexity index is 2190. The van der Waals surface area contributed by atoms with Crippen molar-refractivity contribution in [3.05, 3.63) is 59.7 Å². The number of nitrogens with two attached hydrogens (primary N) is 1. The molecule has 0 aliphatic carbocycles. The van der Waals surface area contributed by atoms with Gasteiger partial charge in [0.1, 0.15) is 47.8 Å². The molecule has 2 aromatic rings. The van der Waals surface area contributed by atoms with E-state index in [9.17, 15) is 71.7 Å². The van der Waals surface area contributed by atoms with Crippen molar-refractivity contribution < 1.29 is 80.4 Å². The van der Waals surface area contributed by atoms with Crippen molar-refractivity contribution in [2.45, 2.75) is 88.6 Å². The molecular weight excluding hydrogens is 873 g/mol. The zero-order valence-corrected chi connectivity index (χ0v) is 35.1. The normalized spacial score (nSPS) is 15.7. The zero-order valence-electron chi connectivity index (χ0n) is 34.3. The Kier molecular flexibility index (Phi) is 18.5. The lowest BCUT2D eigenvalue weighted by molar-refractivity contribution is -0.141. The number of carboxylic acids is 2. The van der Waals surface area contributed by atoms with Crippen molar-refractivity contribution in [1.82, 2.24) is 36.8 Å². The lowest BCUT2D eigenvalue weighted by Gasteiger charge is -2.26. The second kappa shape index (κ2) is 23.2. The third kappa shape index (κ3) is 16.8. The predicted molar refractivity (Wildman–Crippen MR) is 217 cm³/mol. The van der Waals surface area contributed by atoms with Crippen LogP contribution in [0.25, 0.3) is 0 Å². The van der Waals surface area contributed by atoms with Crippen LogP contribution in [0.1, 0.15) is 50.7 Å². The summed E-state index contributed by atoms with van der Waals surface area (Å²) in [5, 5.41) is 42.4. The van der Waals surface area contributed by atoms with Crippen LogP contribution in [-0.2, 0) is 71.2 Å². The van der Waals surface area contributed by atoms with Gasteiger partial charge in [0.05, 0.1) is 19.4 Å². The number of hydrogen-bond donors (Lipinski definition) is 11. The van der Waals surface area contributed by atoms with Crippen LogP contribution in [0.15, 0.2) is 48.5 Å². The molecule has 25 nitrogen and oxygen atoms in total. The molecule has 26 heteroatoms. The highest BCUT2D eigenvalue weighted by atomic mass is 32.3. The maximum absolute atomic E-state index is 13.9. The van der Waals surface area contributed by atoms with Crippen molar-refractivity contribution >= 4 is 69.6 Å². The minimum atomic E-state index is -4.93. The quantitative estimate of drug-likeness (QED) is 0.0479. The molecule has 348 valence electrons. The summed E-state index contributed by atoms with van der Waals surface area (Å²) < 4.78 is 35.6. The Labute approximate surface area is 364 Å². The largest absolute Gasteiger partial charge is 0.508 e. The number of aliphatic carboxylic acids is 2. The van der Waals surface area contributed by atoms with Crippen molar-refractivity contribution in [3.8, 4) is 11.5 Å². The van der Waals surface area contributed by atoms with E-state index in [2.05, 4.69) is 36.1 Å². The third-order valence-corrected chi connectivity index (χ3v) is 9.73. The van der Waals surface area contributed by atoms with E-state index in [0.717, 1.165) is 19.1 Å². The second-order valence-electron chi connectivity index (χ2n) is 14.5. The molecule has 2 aromatic carbocycles. The molecule has 64 heavy (non-hydrogen) atoms. The van der Waals surface area contributed by atoms with Gasteiger partial charge in [0, 0.05) is 26.3 Å². The Hall–Kier alpha value is -7.35. The summed E-state index contributed by atoms with van der Waals surface area (Å²) >= 11 is 0. The van der Waals surface area contributed by atoms with E-state index < -0.39 is 132 Å². The topological polar surface area (TPSA) is 396 Å². The number of hydrogen-bond acceptors (Lipinski definition) is 14. The Morgan fingerprint density at radius 3 is 1.69 bits per heavy atom. The van der Waals surface area contributed by atoms with Gasteiger partial charge in [0.15, 0.2) is 0 Å². The minimum absolute atomic E-state index is 0.148. The molecule has 0 saturated carbocycles. The van der Waals surface area contributed by atoms with E-state index in [4.69, 9.17) is 10.3 Å². The molecule has 3 rings (SSSR count). The summed E-state index contributed by atoms with van der Waals surface area (Å²) in [6.45, 7) is 1.84. The highest BCUT2D eigenvalue weighted by molar-refractivity contribution is 7.81. The molecule has 1 aliphatic heterocycles. The summed E-state index contributed by atoms with van der Waals surface area (Å²) in [6, 6.07) is 0.796. The summed E-state index contributed by atoms with van der Waals surface area (Å²) in [4.78, 5) is 128. The molecule has 1 fully saturated rings. The van der Waals surface area contributed by atoms with E-state index in [0.29, 0.717) is 18.4 Å². The van der Waals surface area contributed by atoms with Crippen molar-refractivity contribution in [1.29, 1.82) is 0 Å². The smallest absolute Gasteiger partial charge is 0.446 e. The van der Waals surface area contributed by atoms with Crippen LogP contribution < -0.4 is 41.8 Å². The summed E-state index contributed by atoms with van der Waals surface area (Å²) in [6.07, 6.45) is -2.00. The van der Waals surface area contributed by atoms with E-state index in [-0.39, 0.29) is 30.0 Å². The van der Waals surface area contributed by atoms with Gasteiger partial charge in [-0.2, -0.15) is 8.42 Å². The predicted octanol–water partition coefficient (Wildman–Crippen LogP) is -3.64. The number of phenolic OH excluding ortho intramolecular Hbond substituents is 1. The molecule has 0 bridgehead atoms. The number of amides is 8. The number of carboxylic acid groups (broad SMARTS) is 2. The van der Waals surface area contributed by atoms with Crippen LogP contribution in [0.2, 0.25) is 0 Å². The summed E-state index contributed by atoms with van der Waals surface area (Å²) in [5.41, 5.74) is 5.90. The van der Waals surface area contributed by atoms with Crippen LogP contribution in [0, 0.1) is 0 Å². The van der Waals surface area contributed by atoms with Crippen LogP contribution in [0.5, 0.6) is 11.5 Å². The van der Waals surface area contributed by atoms with Gasteiger partial charge >= 0.3 is 22.3 Å². The zero-order chi connectivity index (χ0) is 47.9. The standard InChI is InChI=1S/C38H48N8O17S/c1-19(38(59)46-13-3-4-29(46)33(39)54)41-30(49)18-40-34(55)25(14-21-5-9-23(48)10-6-21)43-37(58)28(17-32(52)53)45-35(56)26(44-36(57)27(16-31(50)51)42-20(2)47)15-22-7-11-24(12-8-22)63-64(60,61)62/h5-12,19,25-29,48H,3-4,13-18H2,1-2H3,(H2,39,54)(H,40,55)(H,41,49)(H,42,47)(H,43,58)(H,44,57)(H,45,56)(H,50,51)(H,52,53)(H,60,61,62)/t19-,25-,26-,27-,28-,29-/m0/s1. The van der Waals surface area contributed by atoms with Gasteiger partial charge in [-0.3, -0.25) is 52.5 Å². The number of benzene rings is 2. The van der Waals surface area contributed by atoms with E-state index in [1.807, 2.05) is 0 Å². The molecule has 8 amide bonds. The maximum atomic E-state index is 13.9. The molecule has 1 aliphatic rings. The molecule has 1 heterocycles. The van der Waals surface area contributed by atoms with Crippen molar-refractivity contribution in [2.24, 2.45) is 5.73 Å². The number of nitrogens with zero attached hydrogens (tertiary/aromatic N) is 1. The van der Waals surface area contributed by atoms with Gasteiger partial charge in [-0.15, -0.1) is 0 Å². The first-order valence-corrected chi connectivity index (χ1v) is 20.6. The first-order chi connectivity index (χ1) is 29.9. The maximum Gasteiger partial charge on any atom is 0.446 e. The molecule has 0 radical (unpaired) electrons. The van der Waals surface area contributed by atoms with Gasteiger partial charge < -0.3 is 62.0 Å². The van der Waals surface area contributed by atoms with Gasteiger partial charge in [-0.1, -0.05) is 24.3 Å². The highest BCUT2D eigenvalue weighted by Gasteiger charge is 2.36. The number of phenols is 1. The molecule has 12 N–H and O–H groups in total. The molecule has 6 atom stereocenters. The highest BCUT2D eigenvalue weighted by Crippen LogP contribution is 2.19. The molecular formula is C38H48N8O17S. The van der Waals surface area contributed by atoms with Crippen LogP contribution in [0.3, 0.4) is 0 Å². The van der Waals surface area contributed by atoms with Gasteiger partial charge in [0.2, 0.25) is 47.3 Å². The average molecular weight is 921 g/mol. The number of rotatable bonds is 23. The SMILES string of the molecule is CC(=O)N[C@@H](CC(=O)O)C(=O)N[C@@H](Cc1ccc(OS(=O)(=O)O)cc1)C(=O)N[C@@H](CC(=O)O)C(=O)N[C@@H](Cc1ccc(O)cc1)C(=O)NCC(=O)N[C@@H](C)C(=O)N1CCC[C@H]1C(N)=O. The number of likely N-dealkylation sites (tertiary alicyclic amines) is 1. The van der Waals surface area contributed by atoms with E-state index >= 15 is 0 Å². The van der Waals surface area contributed by atoms with Crippen molar-refractivity contribution in [3.63, 3.8) is 0 Å². The van der Waals surface area contributed by atoms with Gasteiger partial charge in [-0.25, -0.2) is 0 Å². The van der Waals surface area contributed by atoms with Gasteiger partial charge in [-0.05, 0) is 55.2 Å². The Morgan fingerprint density at radius 2 is 1.20 bits per heavy atom. The number of primary amides is 1. The number of carbonyl (C=O) groups excluding carboxylic acids is 8. The Balaban J connectivity index is 1.86. The first kappa shape index (κ1) is 51.0. The fourth-order valence-corrected chi connectivity index (χ4v) is 6.73. The number of aromatic hydroxyl groups is 1. The van der Waals surface area contributed by atoms with Crippen LogP contribution in [0.4, 0.5) is 0 Å². The average Bonchev–Trinajstić information content (AvgIpc) is 3.70. The first-order valence-electron chi connectivity index (χ1n) is 19.2. The van der Waals surface area contributed by atoms with Crippen molar-refractivity contribution in [2.75, 3.05) is 13.1 Å². The molecule has 0 unspecified atom stereocenters. The van der Waals surface area contributed by atoms with E-state index in [1.165, 1.54) is 48.2 Å². The third-order valence-electron chi connectivity index (χ3n) is 9.33. The Morgan fingerprint density at radius 1 is 0.734 bits per heavy atom.